The molecule has 0 saturated carbocycles. The third kappa shape index (κ3) is 2.58. The predicted molar refractivity (Wildman–Crippen MR) is 80.8 cm³/mol. The van der Waals surface area contributed by atoms with Gasteiger partial charge in [0.1, 0.15) is 18.1 Å². The standard InChI is InChI=1S/C16H16ClNO3/c17-12-6-2-4-8-14(12)21-15-11-5-1-3-7-13(11)20-10-16(15,19)9-18/h1-8,15,19H,9-10,18H2. The Morgan fingerprint density at radius 2 is 1.95 bits per heavy atom. The number of benzene rings is 2. The summed E-state index contributed by atoms with van der Waals surface area (Å²) in [7, 11) is 0. The highest BCUT2D eigenvalue weighted by molar-refractivity contribution is 6.32. The lowest BCUT2D eigenvalue weighted by atomic mass is 9.88. The molecule has 1 aliphatic rings. The van der Waals surface area contributed by atoms with Crippen LogP contribution in [0, 0.1) is 0 Å². The van der Waals surface area contributed by atoms with Gasteiger partial charge in [0.2, 0.25) is 0 Å². The van der Waals surface area contributed by atoms with Crippen LogP contribution in [0.25, 0.3) is 0 Å². The fourth-order valence-corrected chi connectivity index (χ4v) is 2.58. The van der Waals surface area contributed by atoms with Gasteiger partial charge in [0.05, 0.1) is 5.02 Å². The molecule has 110 valence electrons. The average Bonchev–Trinajstić information content (AvgIpc) is 2.52. The van der Waals surface area contributed by atoms with Gasteiger partial charge in [-0.2, -0.15) is 0 Å². The van der Waals surface area contributed by atoms with Crippen molar-refractivity contribution >= 4 is 11.6 Å². The minimum atomic E-state index is -1.30. The Morgan fingerprint density at radius 3 is 2.71 bits per heavy atom. The normalized spacial score (nSPS) is 24.0. The second-order valence-electron chi connectivity index (χ2n) is 5.06. The first-order chi connectivity index (χ1) is 10.1. The van der Waals surface area contributed by atoms with E-state index in [1.807, 2.05) is 36.4 Å². The van der Waals surface area contributed by atoms with Crippen LogP contribution in [0.3, 0.4) is 0 Å². The fraction of sp³-hybridized carbons (Fsp3) is 0.250. The van der Waals surface area contributed by atoms with E-state index >= 15 is 0 Å². The Morgan fingerprint density at radius 1 is 1.24 bits per heavy atom. The van der Waals surface area contributed by atoms with E-state index in [4.69, 9.17) is 26.8 Å². The van der Waals surface area contributed by atoms with E-state index in [1.165, 1.54) is 0 Å². The van der Waals surface area contributed by atoms with Crippen molar-refractivity contribution in [2.75, 3.05) is 13.2 Å². The van der Waals surface area contributed by atoms with Crippen molar-refractivity contribution < 1.29 is 14.6 Å². The Bertz CT molecular complexity index is 649. The van der Waals surface area contributed by atoms with Crippen molar-refractivity contribution in [3.63, 3.8) is 0 Å². The van der Waals surface area contributed by atoms with E-state index in [9.17, 15) is 5.11 Å². The summed E-state index contributed by atoms with van der Waals surface area (Å²) >= 11 is 6.14. The monoisotopic (exact) mass is 305 g/mol. The molecule has 3 rings (SSSR count). The fourth-order valence-electron chi connectivity index (χ4n) is 2.40. The molecule has 21 heavy (non-hydrogen) atoms. The molecule has 0 aliphatic carbocycles. The lowest BCUT2D eigenvalue weighted by Crippen LogP contribution is -2.52. The number of rotatable bonds is 3. The third-order valence-electron chi connectivity index (χ3n) is 3.60. The molecule has 2 aromatic rings. The first kappa shape index (κ1) is 14.2. The SMILES string of the molecule is NCC1(O)COc2ccccc2C1Oc1ccccc1Cl. The number of halogens is 1. The largest absolute Gasteiger partial charge is 0.490 e. The van der Waals surface area contributed by atoms with E-state index in [-0.39, 0.29) is 13.2 Å². The molecule has 2 aromatic carbocycles. The number of ether oxygens (including phenoxy) is 2. The predicted octanol–water partition coefficient (Wildman–Crippen LogP) is 2.54. The molecular weight excluding hydrogens is 290 g/mol. The Labute approximate surface area is 128 Å². The molecule has 1 aliphatic heterocycles. The molecule has 2 atom stereocenters. The average molecular weight is 306 g/mol. The summed E-state index contributed by atoms with van der Waals surface area (Å²) < 4.78 is 11.6. The van der Waals surface area contributed by atoms with Crippen LogP contribution in [0.2, 0.25) is 5.02 Å². The number of aliphatic hydroxyl groups is 1. The minimum Gasteiger partial charge on any atom is -0.490 e. The van der Waals surface area contributed by atoms with Gasteiger partial charge in [-0.05, 0) is 18.2 Å². The van der Waals surface area contributed by atoms with Gasteiger partial charge in [-0.15, -0.1) is 0 Å². The summed E-state index contributed by atoms with van der Waals surface area (Å²) in [5.41, 5.74) is 5.20. The quantitative estimate of drug-likeness (QED) is 0.914. The number of para-hydroxylation sites is 2. The van der Waals surface area contributed by atoms with Crippen LogP contribution in [0.5, 0.6) is 11.5 Å². The van der Waals surface area contributed by atoms with E-state index in [1.54, 1.807) is 12.1 Å². The summed E-state index contributed by atoms with van der Waals surface area (Å²) in [4.78, 5) is 0. The van der Waals surface area contributed by atoms with Crippen LogP contribution in [-0.2, 0) is 0 Å². The molecule has 3 N–H and O–H groups in total. The van der Waals surface area contributed by atoms with Gasteiger partial charge in [-0.25, -0.2) is 0 Å². The van der Waals surface area contributed by atoms with Gasteiger partial charge in [0.15, 0.2) is 11.7 Å². The highest BCUT2D eigenvalue weighted by Crippen LogP contribution is 2.41. The van der Waals surface area contributed by atoms with Crippen molar-refractivity contribution in [2.24, 2.45) is 5.73 Å². The lowest BCUT2D eigenvalue weighted by Gasteiger charge is -2.39. The van der Waals surface area contributed by atoms with E-state index in [2.05, 4.69) is 0 Å². The number of nitrogens with two attached hydrogens (primary N) is 1. The Hall–Kier alpha value is -1.75. The lowest BCUT2D eigenvalue weighted by molar-refractivity contribution is -0.0967. The van der Waals surface area contributed by atoms with Gasteiger partial charge in [0, 0.05) is 12.1 Å². The van der Waals surface area contributed by atoms with Gasteiger partial charge in [0.25, 0.3) is 0 Å². The second-order valence-corrected chi connectivity index (χ2v) is 5.47. The summed E-state index contributed by atoms with van der Waals surface area (Å²) in [5, 5.41) is 11.2. The summed E-state index contributed by atoms with van der Waals surface area (Å²) in [6, 6.07) is 14.6. The Balaban J connectivity index is 2.02. The van der Waals surface area contributed by atoms with Crippen LogP contribution in [0.4, 0.5) is 0 Å². The molecule has 0 aromatic heterocycles. The summed E-state index contributed by atoms with van der Waals surface area (Å²) in [6.45, 7) is 0.103. The molecule has 0 amide bonds. The maximum absolute atomic E-state index is 10.7. The molecule has 0 spiro atoms. The number of fused-ring (bicyclic) bond motifs is 1. The molecule has 0 fully saturated rings. The molecule has 0 saturated heterocycles. The van der Waals surface area contributed by atoms with E-state index in [0.29, 0.717) is 16.5 Å². The highest BCUT2D eigenvalue weighted by Gasteiger charge is 2.44. The van der Waals surface area contributed by atoms with Crippen molar-refractivity contribution in [2.45, 2.75) is 11.7 Å². The second kappa shape index (κ2) is 5.56. The highest BCUT2D eigenvalue weighted by atomic mass is 35.5. The molecule has 0 bridgehead atoms. The molecular formula is C16H16ClNO3. The molecule has 1 heterocycles. The van der Waals surface area contributed by atoms with Crippen LogP contribution in [0.1, 0.15) is 11.7 Å². The zero-order chi connectivity index (χ0) is 14.9. The van der Waals surface area contributed by atoms with Crippen LogP contribution in [-0.4, -0.2) is 23.9 Å². The Kier molecular flexibility index (Phi) is 3.76. The number of hydrogen-bond donors (Lipinski definition) is 2. The topological polar surface area (TPSA) is 64.7 Å². The summed E-state index contributed by atoms with van der Waals surface area (Å²) in [5.74, 6) is 1.19. The molecule has 2 unspecified atom stereocenters. The molecule has 5 heteroatoms. The van der Waals surface area contributed by atoms with Crippen LogP contribution >= 0.6 is 11.6 Å². The van der Waals surface area contributed by atoms with Crippen molar-refractivity contribution in [1.82, 2.24) is 0 Å². The zero-order valence-corrected chi connectivity index (χ0v) is 12.1. The summed E-state index contributed by atoms with van der Waals surface area (Å²) in [6.07, 6.45) is -0.632. The van der Waals surface area contributed by atoms with Gasteiger partial charge in [-0.3, -0.25) is 0 Å². The smallest absolute Gasteiger partial charge is 0.161 e. The third-order valence-corrected chi connectivity index (χ3v) is 3.91. The molecule has 4 nitrogen and oxygen atoms in total. The van der Waals surface area contributed by atoms with E-state index in [0.717, 1.165) is 5.56 Å². The molecule has 0 radical (unpaired) electrons. The minimum absolute atomic E-state index is 0.0243. The van der Waals surface area contributed by atoms with Crippen molar-refractivity contribution in [3.05, 3.63) is 59.1 Å². The van der Waals surface area contributed by atoms with Crippen LogP contribution in [0.15, 0.2) is 48.5 Å². The first-order valence-corrected chi connectivity index (χ1v) is 7.07. The van der Waals surface area contributed by atoms with Crippen molar-refractivity contribution in [3.8, 4) is 11.5 Å². The maximum Gasteiger partial charge on any atom is 0.161 e. The van der Waals surface area contributed by atoms with Crippen LogP contribution < -0.4 is 15.2 Å². The van der Waals surface area contributed by atoms with Gasteiger partial charge < -0.3 is 20.3 Å². The van der Waals surface area contributed by atoms with Gasteiger partial charge in [-0.1, -0.05) is 41.9 Å². The first-order valence-electron chi connectivity index (χ1n) is 6.69. The van der Waals surface area contributed by atoms with Gasteiger partial charge >= 0.3 is 0 Å². The number of hydrogen-bond acceptors (Lipinski definition) is 4. The maximum atomic E-state index is 10.7. The zero-order valence-electron chi connectivity index (χ0n) is 11.3. The van der Waals surface area contributed by atoms with E-state index < -0.39 is 11.7 Å². The van der Waals surface area contributed by atoms with Crippen molar-refractivity contribution in [1.29, 1.82) is 0 Å².